The Morgan fingerprint density at radius 2 is 1.95 bits per heavy atom. The standard InChI is InChI=1S/C13H22NO5P/c1-4-18-20(16,19-5-2)10-17-13-8-6-7-12(9-13)11(3)14-15/h6-9,11,14-15H,4-5,10H2,1-3H3. The maximum Gasteiger partial charge on any atom is 0.367 e. The van der Waals surface area contributed by atoms with Gasteiger partial charge in [-0.2, -0.15) is 5.48 Å². The SMILES string of the molecule is CCOP(=O)(COc1cccc(C(C)NO)c1)OCC. The molecule has 0 aliphatic heterocycles. The van der Waals surface area contributed by atoms with Crippen LogP contribution in [0.4, 0.5) is 0 Å². The van der Waals surface area contributed by atoms with E-state index in [1.54, 1.807) is 32.0 Å². The average molecular weight is 303 g/mol. The molecule has 1 unspecified atom stereocenters. The minimum atomic E-state index is -3.22. The Kier molecular flexibility index (Phi) is 7.19. The Bertz CT molecular complexity index is 444. The fourth-order valence-corrected chi connectivity index (χ4v) is 2.92. The Hall–Kier alpha value is -0.910. The molecule has 1 aromatic carbocycles. The van der Waals surface area contributed by atoms with Gasteiger partial charge < -0.3 is 19.0 Å². The third-order valence-corrected chi connectivity index (χ3v) is 4.34. The van der Waals surface area contributed by atoms with E-state index in [4.69, 9.17) is 19.0 Å². The molecule has 0 amide bonds. The Morgan fingerprint density at radius 3 is 2.50 bits per heavy atom. The summed E-state index contributed by atoms with van der Waals surface area (Å²) in [6, 6.07) is 6.94. The van der Waals surface area contributed by atoms with Crippen molar-refractivity contribution in [2.45, 2.75) is 26.8 Å². The predicted molar refractivity (Wildman–Crippen MR) is 76.1 cm³/mol. The summed E-state index contributed by atoms with van der Waals surface area (Å²) in [6.07, 6.45) is -0.140. The first-order valence-corrected chi connectivity index (χ1v) is 8.28. The van der Waals surface area contributed by atoms with Crippen LogP contribution in [-0.2, 0) is 13.6 Å². The van der Waals surface area contributed by atoms with E-state index in [0.29, 0.717) is 19.0 Å². The molecule has 20 heavy (non-hydrogen) atoms. The topological polar surface area (TPSA) is 77.0 Å². The second-order valence-corrected chi connectivity index (χ2v) is 6.14. The van der Waals surface area contributed by atoms with E-state index in [0.717, 1.165) is 5.56 Å². The molecule has 0 aliphatic rings. The van der Waals surface area contributed by atoms with E-state index < -0.39 is 7.60 Å². The summed E-state index contributed by atoms with van der Waals surface area (Å²) in [4.78, 5) is 0. The Morgan fingerprint density at radius 1 is 1.30 bits per heavy atom. The molecule has 7 heteroatoms. The maximum absolute atomic E-state index is 12.2. The molecule has 1 atom stereocenters. The van der Waals surface area contributed by atoms with Crippen LogP contribution in [0.2, 0.25) is 0 Å². The van der Waals surface area contributed by atoms with Gasteiger partial charge in [0.2, 0.25) is 0 Å². The van der Waals surface area contributed by atoms with Gasteiger partial charge in [0.1, 0.15) is 5.75 Å². The van der Waals surface area contributed by atoms with Crippen molar-refractivity contribution in [3.63, 3.8) is 0 Å². The number of hydroxylamine groups is 1. The highest BCUT2D eigenvalue weighted by Crippen LogP contribution is 2.47. The Balaban J connectivity index is 2.70. The molecule has 114 valence electrons. The quantitative estimate of drug-likeness (QED) is 0.538. The molecule has 0 radical (unpaired) electrons. The third kappa shape index (κ3) is 5.23. The smallest absolute Gasteiger partial charge is 0.367 e. The lowest BCUT2D eigenvalue weighted by Gasteiger charge is -2.18. The zero-order chi connectivity index (χ0) is 15.0. The second kappa shape index (κ2) is 8.39. The van der Waals surface area contributed by atoms with Crippen molar-refractivity contribution >= 4 is 7.60 Å². The van der Waals surface area contributed by atoms with Gasteiger partial charge in [-0.3, -0.25) is 4.57 Å². The highest BCUT2D eigenvalue weighted by Gasteiger charge is 2.24. The largest absolute Gasteiger partial charge is 0.481 e. The van der Waals surface area contributed by atoms with Crippen LogP contribution in [0.15, 0.2) is 24.3 Å². The molecule has 0 heterocycles. The molecule has 0 saturated heterocycles. The van der Waals surface area contributed by atoms with E-state index in [1.807, 2.05) is 13.0 Å². The number of hydrogen-bond acceptors (Lipinski definition) is 6. The van der Waals surface area contributed by atoms with Crippen molar-refractivity contribution in [1.82, 2.24) is 5.48 Å². The fraction of sp³-hybridized carbons (Fsp3) is 0.538. The summed E-state index contributed by atoms with van der Waals surface area (Å²) in [6.45, 7) is 5.91. The van der Waals surface area contributed by atoms with Crippen molar-refractivity contribution < 1.29 is 23.6 Å². The van der Waals surface area contributed by atoms with Gasteiger partial charge in [0.15, 0.2) is 6.35 Å². The fourth-order valence-electron chi connectivity index (χ4n) is 1.61. The van der Waals surface area contributed by atoms with Gasteiger partial charge in [0.25, 0.3) is 0 Å². The number of nitrogens with one attached hydrogen (secondary N) is 1. The first-order valence-electron chi connectivity index (χ1n) is 6.55. The van der Waals surface area contributed by atoms with Gasteiger partial charge >= 0.3 is 7.60 Å². The summed E-state index contributed by atoms with van der Waals surface area (Å²) >= 11 is 0. The van der Waals surface area contributed by atoms with Gasteiger partial charge in [-0.05, 0) is 38.5 Å². The van der Waals surface area contributed by atoms with Gasteiger partial charge in [-0.25, -0.2) is 0 Å². The summed E-state index contributed by atoms with van der Waals surface area (Å²) in [7, 11) is -3.22. The van der Waals surface area contributed by atoms with E-state index in [1.165, 1.54) is 0 Å². The third-order valence-electron chi connectivity index (χ3n) is 2.59. The second-order valence-electron chi connectivity index (χ2n) is 4.14. The minimum Gasteiger partial charge on any atom is -0.481 e. The van der Waals surface area contributed by atoms with Crippen molar-refractivity contribution in [3.8, 4) is 5.75 Å². The van der Waals surface area contributed by atoms with Crippen LogP contribution >= 0.6 is 7.60 Å². The van der Waals surface area contributed by atoms with Crippen molar-refractivity contribution in [2.24, 2.45) is 0 Å². The van der Waals surface area contributed by atoms with Gasteiger partial charge in [-0.1, -0.05) is 12.1 Å². The molecular weight excluding hydrogens is 281 g/mol. The lowest BCUT2D eigenvalue weighted by molar-refractivity contribution is 0.133. The highest BCUT2D eigenvalue weighted by molar-refractivity contribution is 7.53. The van der Waals surface area contributed by atoms with Crippen LogP contribution in [0.1, 0.15) is 32.4 Å². The van der Waals surface area contributed by atoms with Crippen molar-refractivity contribution in [1.29, 1.82) is 0 Å². The van der Waals surface area contributed by atoms with Crippen LogP contribution < -0.4 is 10.2 Å². The molecule has 2 N–H and O–H groups in total. The lowest BCUT2D eigenvalue weighted by Crippen LogP contribution is -2.13. The molecule has 1 rings (SSSR count). The van der Waals surface area contributed by atoms with Crippen LogP contribution in [0.3, 0.4) is 0 Å². The van der Waals surface area contributed by atoms with E-state index in [9.17, 15) is 4.57 Å². The summed E-state index contributed by atoms with van der Waals surface area (Å²) in [5.74, 6) is 0.546. The summed E-state index contributed by atoms with van der Waals surface area (Å²) in [5, 5.41) is 8.90. The van der Waals surface area contributed by atoms with Crippen LogP contribution in [0.5, 0.6) is 5.75 Å². The summed E-state index contributed by atoms with van der Waals surface area (Å²) in [5.41, 5.74) is 3.02. The maximum atomic E-state index is 12.2. The zero-order valence-corrected chi connectivity index (χ0v) is 12.9. The first-order chi connectivity index (χ1) is 9.54. The molecule has 1 aromatic rings. The number of rotatable bonds is 9. The van der Waals surface area contributed by atoms with E-state index in [2.05, 4.69) is 5.48 Å². The zero-order valence-electron chi connectivity index (χ0n) is 12.0. The number of hydrogen-bond donors (Lipinski definition) is 2. The normalized spacial score (nSPS) is 13.2. The minimum absolute atomic E-state index is 0.140. The summed E-state index contributed by atoms with van der Waals surface area (Å²) < 4.78 is 28.0. The monoisotopic (exact) mass is 303 g/mol. The molecule has 0 bridgehead atoms. The van der Waals surface area contributed by atoms with Crippen LogP contribution in [-0.4, -0.2) is 24.8 Å². The molecule has 0 fully saturated rings. The van der Waals surface area contributed by atoms with E-state index in [-0.39, 0.29) is 12.4 Å². The molecule has 0 aliphatic carbocycles. The Labute approximate surface area is 119 Å². The average Bonchev–Trinajstić information content (AvgIpc) is 2.45. The van der Waals surface area contributed by atoms with Gasteiger partial charge in [0, 0.05) is 0 Å². The molecule has 0 saturated carbocycles. The van der Waals surface area contributed by atoms with Gasteiger partial charge in [-0.15, -0.1) is 0 Å². The van der Waals surface area contributed by atoms with E-state index >= 15 is 0 Å². The van der Waals surface area contributed by atoms with Crippen LogP contribution in [0.25, 0.3) is 0 Å². The predicted octanol–water partition coefficient (Wildman–Crippen LogP) is 3.33. The number of benzene rings is 1. The molecule has 6 nitrogen and oxygen atoms in total. The van der Waals surface area contributed by atoms with Crippen LogP contribution in [0, 0.1) is 0 Å². The lowest BCUT2D eigenvalue weighted by atomic mass is 10.1. The highest BCUT2D eigenvalue weighted by atomic mass is 31.2. The molecule has 0 aromatic heterocycles. The molecule has 0 spiro atoms. The molecular formula is C13H22NO5P. The van der Waals surface area contributed by atoms with Gasteiger partial charge in [0.05, 0.1) is 19.3 Å². The van der Waals surface area contributed by atoms with Crippen molar-refractivity contribution in [2.75, 3.05) is 19.6 Å². The number of ether oxygens (including phenoxy) is 1. The van der Waals surface area contributed by atoms with Crippen molar-refractivity contribution in [3.05, 3.63) is 29.8 Å². The first kappa shape index (κ1) is 17.1.